The number of rotatable bonds is 7. The van der Waals surface area contributed by atoms with Crippen molar-refractivity contribution in [3.8, 4) is 22.9 Å². The minimum Gasteiger partial charge on any atom is -0.438 e. The van der Waals surface area contributed by atoms with E-state index in [4.69, 9.17) is 4.74 Å². The Morgan fingerprint density at radius 2 is 1.67 bits per heavy atom. The fourth-order valence-electron chi connectivity index (χ4n) is 4.70. The van der Waals surface area contributed by atoms with Gasteiger partial charge >= 0.3 is 0 Å². The van der Waals surface area contributed by atoms with Gasteiger partial charge in [0.1, 0.15) is 11.4 Å². The maximum absolute atomic E-state index is 14.6. The Bertz CT molecular complexity index is 1610. The van der Waals surface area contributed by atoms with Crippen molar-refractivity contribution in [1.82, 2.24) is 25.1 Å². The average Bonchev–Trinajstić information content (AvgIpc) is 2.99. The lowest BCUT2D eigenvalue weighted by Gasteiger charge is -2.28. The van der Waals surface area contributed by atoms with Crippen molar-refractivity contribution in [1.29, 1.82) is 0 Å². The van der Waals surface area contributed by atoms with Gasteiger partial charge in [0.25, 0.3) is 0 Å². The molecule has 0 atom stereocenters. The van der Waals surface area contributed by atoms with E-state index in [9.17, 15) is 4.39 Å². The zero-order valence-corrected chi connectivity index (χ0v) is 21.4. The highest BCUT2D eigenvalue weighted by Crippen LogP contribution is 2.34. The van der Waals surface area contributed by atoms with Crippen LogP contribution >= 0.6 is 0 Å². The first-order valence-corrected chi connectivity index (χ1v) is 12.9. The first-order chi connectivity index (χ1) is 19.2. The fourth-order valence-corrected chi connectivity index (χ4v) is 4.70. The summed E-state index contributed by atoms with van der Waals surface area (Å²) in [7, 11) is 1.67. The third-order valence-electron chi connectivity index (χ3n) is 6.65. The van der Waals surface area contributed by atoms with Crippen molar-refractivity contribution < 1.29 is 9.13 Å². The van der Waals surface area contributed by atoms with Crippen LogP contribution in [-0.4, -0.2) is 45.3 Å². The molecule has 4 heterocycles. The van der Waals surface area contributed by atoms with Gasteiger partial charge in [-0.3, -0.25) is 0 Å². The van der Waals surface area contributed by atoms with E-state index < -0.39 is 5.82 Å². The lowest BCUT2D eigenvalue weighted by atomic mass is 10.1. The Morgan fingerprint density at radius 3 is 2.46 bits per heavy atom. The second-order valence-corrected chi connectivity index (χ2v) is 9.21. The number of ether oxygens (including phenoxy) is 1. The summed E-state index contributed by atoms with van der Waals surface area (Å²) in [4.78, 5) is 14.8. The van der Waals surface area contributed by atoms with Crippen LogP contribution in [0.2, 0.25) is 0 Å². The van der Waals surface area contributed by atoms with E-state index >= 15 is 0 Å². The molecule has 0 aliphatic carbocycles. The molecule has 1 saturated heterocycles. The van der Waals surface area contributed by atoms with Crippen molar-refractivity contribution in [3.63, 3.8) is 0 Å². The molecule has 10 heteroatoms. The number of hydrogen-bond acceptors (Lipinski definition) is 9. The van der Waals surface area contributed by atoms with Crippen LogP contribution in [0.3, 0.4) is 0 Å². The number of benzene rings is 2. The van der Waals surface area contributed by atoms with Crippen molar-refractivity contribution in [2.45, 2.75) is 19.3 Å². The van der Waals surface area contributed by atoms with Gasteiger partial charge in [0.15, 0.2) is 17.5 Å². The molecule has 196 valence electrons. The molecule has 5 aromatic rings. The normalized spacial score (nSPS) is 13.3. The largest absolute Gasteiger partial charge is 0.438 e. The third-order valence-corrected chi connectivity index (χ3v) is 6.65. The van der Waals surface area contributed by atoms with Crippen LogP contribution in [0.5, 0.6) is 11.6 Å². The van der Waals surface area contributed by atoms with Crippen molar-refractivity contribution >= 4 is 34.0 Å². The van der Waals surface area contributed by atoms with Crippen molar-refractivity contribution in [2.75, 3.05) is 35.7 Å². The maximum Gasteiger partial charge on any atom is 0.228 e. The number of pyridine rings is 1. The molecule has 1 aliphatic heterocycles. The predicted octanol–water partition coefficient (Wildman–Crippen LogP) is 6.19. The van der Waals surface area contributed by atoms with E-state index in [1.54, 1.807) is 25.4 Å². The number of hydrogen-bond donors (Lipinski definition) is 2. The van der Waals surface area contributed by atoms with Gasteiger partial charge in [-0.1, -0.05) is 24.3 Å². The smallest absolute Gasteiger partial charge is 0.228 e. The molecule has 1 aliphatic rings. The molecule has 9 nitrogen and oxygen atoms in total. The average molecular weight is 523 g/mol. The molecular formula is C29H27FN8O. The van der Waals surface area contributed by atoms with Crippen LogP contribution in [0.4, 0.5) is 27.7 Å². The molecular weight excluding hydrogens is 495 g/mol. The van der Waals surface area contributed by atoms with Crippen LogP contribution < -0.4 is 20.3 Å². The zero-order chi connectivity index (χ0) is 26.6. The summed E-state index contributed by atoms with van der Waals surface area (Å²) >= 11 is 0. The molecule has 2 N–H and O–H groups in total. The molecule has 3 aromatic heterocycles. The van der Waals surface area contributed by atoms with Gasteiger partial charge in [-0.2, -0.15) is 0 Å². The molecule has 0 bridgehead atoms. The zero-order valence-electron chi connectivity index (χ0n) is 21.4. The van der Waals surface area contributed by atoms with Crippen LogP contribution in [0.15, 0.2) is 73.1 Å². The lowest BCUT2D eigenvalue weighted by molar-refractivity contribution is 0.464. The van der Waals surface area contributed by atoms with E-state index in [2.05, 4.69) is 52.8 Å². The first kappa shape index (κ1) is 24.5. The third kappa shape index (κ3) is 5.13. The first-order valence-electron chi connectivity index (χ1n) is 12.9. The molecule has 0 spiro atoms. The Labute approximate surface area is 225 Å². The van der Waals surface area contributed by atoms with Crippen LogP contribution in [0.1, 0.15) is 19.3 Å². The maximum atomic E-state index is 14.6. The van der Waals surface area contributed by atoms with Crippen LogP contribution in [0, 0.1) is 5.82 Å². The Kier molecular flexibility index (Phi) is 6.82. The van der Waals surface area contributed by atoms with Gasteiger partial charge in [-0.05, 0) is 55.7 Å². The summed E-state index contributed by atoms with van der Waals surface area (Å²) in [5.74, 6) is 2.14. The quantitative estimate of drug-likeness (QED) is 0.259. The summed E-state index contributed by atoms with van der Waals surface area (Å²) in [6.07, 6.45) is 6.32. The van der Waals surface area contributed by atoms with Crippen LogP contribution in [-0.2, 0) is 0 Å². The van der Waals surface area contributed by atoms with E-state index in [0.29, 0.717) is 23.1 Å². The molecule has 0 amide bonds. The summed E-state index contributed by atoms with van der Waals surface area (Å²) in [5.41, 5.74) is 1.36. The molecule has 6 rings (SSSR count). The Morgan fingerprint density at radius 1 is 0.872 bits per heavy atom. The fraction of sp³-hybridized carbons (Fsp3) is 0.207. The number of halogens is 1. The van der Waals surface area contributed by atoms with E-state index in [1.165, 1.54) is 19.3 Å². The number of nitrogens with zero attached hydrogens (tertiary/aromatic N) is 6. The van der Waals surface area contributed by atoms with Gasteiger partial charge in [0.05, 0.1) is 11.8 Å². The minimum absolute atomic E-state index is 0.106. The standard InChI is InChI=1S/C29H27FN8O/c1-31-29-33-18-24(30)25(35-29)23-10-7-15-32-28(23)39-20-13-11-19(12-14-20)34-26-21-8-3-4-9-22(21)27(37-36-26)38-16-5-2-6-17-38/h3-4,7-15,18H,2,5-6,16-17H2,1H3,(H,34,36)(H,31,33,35). The predicted molar refractivity (Wildman–Crippen MR) is 150 cm³/mol. The summed E-state index contributed by atoms with van der Waals surface area (Å²) in [6, 6.07) is 19.0. The number of fused-ring (bicyclic) bond motifs is 1. The van der Waals surface area contributed by atoms with Gasteiger partial charge in [-0.15, -0.1) is 10.2 Å². The van der Waals surface area contributed by atoms with Gasteiger partial charge in [0, 0.05) is 42.8 Å². The van der Waals surface area contributed by atoms with E-state index in [0.717, 1.165) is 41.6 Å². The van der Waals surface area contributed by atoms with E-state index in [1.807, 2.05) is 36.4 Å². The molecule has 0 radical (unpaired) electrons. The highest BCUT2D eigenvalue weighted by atomic mass is 19.1. The second kappa shape index (κ2) is 10.9. The highest BCUT2D eigenvalue weighted by molar-refractivity contribution is 5.99. The Balaban J connectivity index is 1.24. The van der Waals surface area contributed by atoms with Crippen molar-refractivity contribution in [3.05, 3.63) is 78.9 Å². The summed E-state index contributed by atoms with van der Waals surface area (Å²) in [6.45, 7) is 2.01. The topological polar surface area (TPSA) is 101 Å². The summed E-state index contributed by atoms with van der Waals surface area (Å²) in [5, 5.41) is 17.4. The molecule has 39 heavy (non-hydrogen) atoms. The lowest BCUT2D eigenvalue weighted by Crippen LogP contribution is -2.30. The number of piperidine rings is 1. The molecule has 0 unspecified atom stereocenters. The van der Waals surface area contributed by atoms with Gasteiger partial charge in [0.2, 0.25) is 11.8 Å². The molecule has 0 saturated carbocycles. The molecule has 2 aromatic carbocycles. The molecule has 1 fully saturated rings. The number of nitrogens with one attached hydrogen (secondary N) is 2. The SMILES string of the molecule is CNc1ncc(F)c(-c2cccnc2Oc2ccc(Nc3nnc(N4CCCCC4)c4ccccc34)cc2)n1. The van der Waals surface area contributed by atoms with Crippen LogP contribution in [0.25, 0.3) is 22.0 Å². The number of anilines is 4. The number of aromatic nitrogens is 5. The van der Waals surface area contributed by atoms with Crippen molar-refractivity contribution in [2.24, 2.45) is 0 Å². The summed E-state index contributed by atoms with van der Waals surface area (Å²) < 4.78 is 20.6. The Hall–Kier alpha value is -4.86. The van der Waals surface area contributed by atoms with E-state index in [-0.39, 0.29) is 11.6 Å². The highest BCUT2D eigenvalue weighted by Gasteiger charge is 2.18. The van der Waals surface area contributed by atoms with Gasteiger partial charge < -0.3 is 20.3 Å². The minimum atomic E-state index is -0.564. The van der Waals surface area contributed by atoms with Gasteiger partial charge in [-0.25, -0.2) is 19.3 Å². The monoisotopic (exact) mass is 522 g/mol. The second-order valence-electron chi connectivity index (χ2n) is 9.21.